The van der Waals surface area contributed by atoms with E-state index < -0.39 is 0 Å². The molecule has 1 aromatic rings. The monoisotopic (exact) mass is 282 g/mol. The largest absolute Gasteiger partial charge is 0.381 e. The van der Waals surface area contributed by atoms with Gasteiger partial charge >= 0.3 is 0 Å². The summed E-state index contributed by atoms with van der Waals surface area (Å²) < 4.78 is 10.7. The maximum atomic E-state index is 12.3. The van der Waals surface area contributed by atoms with Gasteiger partial charge < -0.3 is 14.2 Å². The van der Waals surface area contributed by atoms with Crippen LogP contribution in [0, 0.1) is 0 Å². The first-order valence-electron chi connectivity index (χ1n) is 6.57. The molecule has 1 atom stereocenters. The number of hydrogen-bond donors (Lipinski definition) is 0. The van der Waals surface area contributed by atoms with Crippen molar-refractivity contribution >= 4 is 17.7 Å². The minimum absolute atomic E-state index is 0.0465. The van der Waals surface area contributed by atoms with Crippen LogP contribution in [0.3, 0.4) is 0 Å². The lowest BCUT2D eigenvalue weighted by atomic mass is 9.92. The van der Waals surface area contributed by atoms with Crippen molar-refractivity contribution < 1.29 is 14.1 Å². The second-order valence-corrected chi connectivity index (χ2v) is 6.72. The zero-order valence-corrected chi connectivity index (χ0v) is 12.0. The fourth-order valence-electron chi connectivity index (χ4n) is 2.83. The Morgan fingerprint density at radius 2 is 2.47 bits per heavy atom. The van der Waals surface area contributed by atoms with Crippen LogP contribution in [-0.4, -0.2) is 52.8 Å². The van der Waals surface area contributed by atoms with Gasteiger partial charge in [0, 0.05) is 32.4 Å². The van der Waals surface area contributed by atoms with E-state index in [0.29, 0.717) is 23.8 Å². The van der Waals surface area contributed by atoms with Gasteiger partial charge in [0.25, 0.3) is 5.91 Å². The topological polar surface area (TPSA) is 55.6 Å². The second-order valence-electron chi connectivity index (χ2n) is 5.23. The van der Waals surface area contributed by atoms with Gasteiger partial charge in [-0.25, -0.2) is 0 Å². The molecule has 0 bridgehead atoms. The molecule has 104 valence electrons. The number of likely N-dealkylation sites (tertiary alicyclic amines) is 1. The third-order valence-corrected chi connectivity index (χ3v) is 5.53. The highest BCUT2D eigenvalue weighted by atomic mass is 32.2. The summed E-state index contributed by atoms with van der Waals surface area (Å²) in [4.78, 5) is 14.2. The highest BCUT2D eigenvalue weighted by Crippen LogP contribution is 2.46. The predicted molar refractivity (Wildman–Crippen MR) is 72.4 cm³/mol. The first-order valence-corrected chi connectivity index (χ1v) is 7.55. The Morgan fingerprint density at radius 3 is 3.11 bits per heavy atom. The molecule has 0 N–H and O–H groups in total. The SMILES string of the molecule is CCc1oncc1C(=O)N1CC2(C[C@@H](OC)CS2)C1. The highest BCUT2D eigenvalue weighted by Gasteiger charge is 2.51. The maximum Gasteiger partial charge on any atom is 0.259 e. The average molecular weight is 282 g/mol. The fraction of sp³-hybridized carbons (Fsp3) is 0.692. The van der Waals surface area contributed by atoms with E-state index in [-0.39, 0.29) is 10.7 Å². The van der Waals surface area contributed by atoms with Gasteiger partial charge in [-0.3, -0.25) is 4.79 Å². The summed E-state index contributed by atoms with van der Waals surface area (Å²) in [5.74, 6) is 1.76. The summed E-state index contributed by atoms with van der Waals surface area (Å²) in [5, 5.41) is 3.72. The number of nitrogens with zero attached hydrogens (tertiary/aromatic N) is 2. The number of hydrogen-bond acceptors (Lipinski definition) is 5. The van der Waals surface area contributed by atoms with E-state index in [4.69, 9.17) is 9.26 Å². The van der Waals surface area contributed by atoms with Gasteiger partial charge in [-0.15, -0.1) is 11.8 Å². The Morgan fingerprint density at radius 1 is 1.68 bits per heavy atom. The molecule has 2 saturated heterocycles. The molecule has 0 aliphatic carbocycles. The zero-order chi connectivity index (χ0) is 13.5. The van der Waals surface area contributed by atoms with E-state index in [1.54, 1.807) is 7.11 Å². The van der Waals surface area contributed by atoms with Crippen molar-refractivity contribution in [2.45, 2.75) is 30.6 Å². The summed E-state index contributed by atoms with van der Waals surface area (Å²) in [6.07, 6.45) is 3.61. The lowest BCUT2D eigenvalue weighted by Crippen LogP contribution is -2.60. The van der Waals surface area contributed by atoms with Gasteiger partial charge in [0.2, 0.25) is 0 Å². The third-order valence-electron chi connectivity index (χ3n) is 3.95. The quantitative estimate of drug-likeness (QED) is 0.842. The first kappa shape index (κ1) is 13.0. The number of aryl methyl sites for hydroxylation is 1. The van der Waals surface area contributed by atoms with Gasteiger partial charge in [0.15, 0.2) is 0 Å². The molecule has 3 rings (SSSR count). The van der Waals surface area contributed by atoms with Crippen molar-refractivity contribution in [2.75, 3.05) is 26.0 Å². The van der Waals surface area contributed by atoms with Crippen molar-refractivity contribution in [3.63, 3.8) is 0 Å². The Bertz CT molecular complexity index is 482. The van der Waals surface area contributed by atoms with Gasteiger partial charge in [-0.05, 0) is 6.42 Å². The molecular weight excluding hydrogens is 264 g/mol. The third kappa shape index (κ3) is 2.17. The lowest BCUT2D eigenvalue weighted by Gasteiger charge is -2.47. The fourth-order valence-corrected chi connectivity index (χ4v) is 4.42. The normalized spacial score (nSPS) is 24.7. The molecular formula is C13H18N2O3S. The maximum absolute atomic E-state index is 12.3. The summed E-state index contributed by atoms with van der Waals surface area (Å²) in [7, 11) is 1.76. The van der Waals surface area contributed by atoms with Gasteiger partial charge in [-0.2, -0.15) is 0 Å². The lowest BCUT2D eigenvalue weighted by molar-refractivity contribution is 0.0450. The van der Waals surface area contributed by atoms with E-state index in [1.807, 2.05) is 23.6 Å². The molecule has 0 unspecified atom stereocenters. The molecule has 1 aromatic heterocycles. The molecule has 1 spiro atoms. The van der Waals surface area contributed by atoms with Crippen LogP contribution in [0.2, 0.25) is 0 Å². The molecule has 6 heteroatoms. The van der Waals surface area contributed by atoms with Crippen LogP contribution in [0.4, 0.5) is 0 Å². The molecule has 2 fully saturated rings. The predicted octanol–water partition coefficient (Wildman–Crippen LogP) is 1.58. The van der Waals surface area contributed by atoms with Gasteiger partial charge in [-0.1, -0.05) is 12.1 Å². The molecule has 5 nitrogen and oxygen atoms in total. The smallest absolute Gasteiger partial charge is 0.259 e. The number of carbonyl (C=O) groups is 1. The van der Waals surface area contributed by atoms with Crippen LogP contribution in [0.5, 0.6) is 0 Å². The Labute approximate surface area is 116 Å². The van der Waals surface area contributed by atoms with Crippen molar-refractivity contribution in [3.8, 4) is 0 Å². The number of aromatic nitrogens is 1. The number of rotatable bonds is 3. The second kappa shape index (κ2) is 4.83. The van der Waals surface area contributed by atoms with Gasteiger partial charge in [0.05, 0.1) is 17.0 Å². The summed E-state index contributed by atoms with van der Waals surface area (Å²) >= 11 is 1.93. The van der Waals surface area contributed by atoms with E-state index in [9.17, 15) is 4.79 Å². The van der Waals surface area contributed by atoms with Crippen molar-refractivity contribution in [2.24, 2.45) is 0 Å². The highest BCUT2D eigenvalue weighted by molar-refractivity contribution is 8.01. The van der Waals surface area contributed by atoms with Crippen LogP contribution < -0.4 is 0 Å². The van der Waals surface area contributed by atoms with E-state index >= 15 is 0 Å². The van der Waals surface area contributed by atoms with Crippen molar-refractivity contribution in [3.05, 3.63) is 17.5 Å². The average Bonchev–Trinajstić information content (AvgIpc) is 3.02. The molecule has 2 aliphatic heterocycles. The van der Waals surface area contributed by atoms with Crippen LogP contribution >= 0.6 is 11.8 Å². The summed E-state index contributed by atoms with van der Waals surface area (Å²) in [5.41, 5.74) is 0.614. The summed E-state index contributed by atoms with van der Waals surface area (Å²) in [6.45, 7) is 3.58. The Balaban J connectivity index is 1.63. The number of carbonyl (C=O) groups excluding carboxylic acids is 1. The van der Waals surface area contributed by atoms with E-state index in [0.717, 1.165) is 25.3 Å². The molecule has 0 aromatic carbocycles. The van der Waals surface area contributed by atoms with Crippen LogP contribution in [0.1, 0.15) is 29.5 Å². The zero-order valence-electron chi connectivity index (χ0n) is 11.2. The standard InChI is InChI=1S/C13H18N2O3S/c1-3-11-10(5-14-18-11)12(16)15-7-13(8-15)4-9(17-2)6-19-13/h5,9H,3-4,6-8H2,1-2H3/t9-/m1/s1. The number of amides is 1. The van der Waals surface area contributed by atoms with Crippen LogP contribution in [0.15, 0.2) is 10.7 Å². The van der Waals surface area contributed by atoms with Gasteiger partial charge in [0.1, 0.15) is 11.3 Å². The Kier molecular flexibility index (Phi) is 3.30. The van der Waals surface area contributed by atoms with Crippen molar-refractivity contribution in [1.82, 2.24) is 10.1 Å². The molecule has 19 heavy (non-hydrogen) atoms. The van der Waals surface area contributed by atoms with Crippen molar-refractivity contribution in [1.29, 1.82) is 0 Å². The minimum atomic E-state index is 0.0465. The Hall–Kier alpha value is -1.01. The first-order chi connectivity index (χ1) is 9.17. The molecule has 0 radical (unpaired) electrons. The number of thioether (sulfide) groups is 1. The van der Waals surface area contributed by atoms with E-state index in [1.165, 1.54) is 6.20 Å². The summed E-state index contributed by atoms with van der Waals surface area (Å²) in [6, 6.07) is 0. The van der Waals surface area contributed by atoms with E-state index in [2.05, 4.69) is 5.16 Å². The van der Waals surface area contributed by atoms with Crippen LogP contribution in [0.25, 0.3) is 0 Å². The molecule has 3 heterocycles. The minimum Gasteiger partial charge on any atom is -0.381 e. The van der Waals surface area contributed by atoms with Crippen LogP contribution in [-0.2, 0) is 11.2 Å². The molecule has 0 saturated carbocycles. The molecule has 2 aliphatic rings. The number of methoxy groups -OCH3 is 1. The molecule has 1 amide bonds. The number of ether oxygens (including phenoxy) is 1.